The van der Waals surface area contributed by atoms with Crippen molar-refractivity contribution < 1.29 is 14.9 Å². The number of nitrogens with one attached hydrogen (secondary N) is 2. The molecule has 2 rings (SSSR count). The Hall–Kier alpha value is -2.10. The van der Waals surface area contributed by atoms with Crippen LogP contribution >= 0.6 is 46.4 Å². The van der Waals surface area contributed by atoms with Crippen molar-refractivity contribution in [2.45, 2.75) is 6.42 Å². The summed E-state index contributed by atoms with van der Waals surface area (Å²) in [4.78, 5) is 26.3. The largest absolute Gasteiger partial charge is 0.323 e. The summed E-state index contributed by atoms with van der Waals surface area (Å²) >= 11 is 23.6. The molecule has 0 heterocycles. The summed E-state index contributed by atoms with van der Waals surface area (Å²) in [5.74, 6) is -0.760. The van der Waals surface area contributed by atoms with Crippen LogP contribution in [0.25, 0.3) is 0 Å². The average molecular weight is 452 g/mol. The van der Waals surface area contributed by atoms with Crippen molar-refractivity contribution in [3.05, 3.63) is 60.5 Å². The van der Waals surface area contributed by atoms with Crippen LogP contribution in [-0.2, 0) is 4.79 Å². The smallest absolute Gasteiger partial charge is 0.272 e. The van der Waals surface area contributed by atoms with Gasteiger partial charge in [0.15, 0.2) is 0 Å². The summed E-state index contributed by atoms with van der Waals surface area (Å²) in [6, 6.07) is 6.60. The number of nitro benzene ring substituents is 1. The Balaban J connectivity index is 2.18. The zero-order valence-electron chi connectivity index (χ0n) is 13.2. The van der Waals surface area contributed by atoms with Crippen molar-refractivity contribution in [2.24, 2.45) is 4.99 Å². The van der Waals surface area contributed by atoms with Gasteiger partial charge in [-0.3, -0.25) is 25.6 Å². The maximum atomic E-state index is 12.2. The third kappa shape index (κ3) is 5.69. The number of amidine groups is 1. The summed E-state index contributed by atoms with van der Waals surface area (Å²) in [5.41, 5.74) is 1.76. The molecule has 0 saturated carbocycles. The van der Waals surface area contributed by atoms with Crippen molar-refractivity contribution >= 4 is 75.2 Å². The highest BCUT2D eigenvalue weighted by Gasteiger charge is 2.17. The van der Waals surface area contributed by atoms with Crippen LogP contribution in [0.5, 0.6) is 0 Å². The van der Waals surface area contributed by atoms with Crippen LogP contribution in [-0.4, -0.2) is 21.9 Å². The summed E-state index contributed by atoms with van der Waals surface area (Å²) in [7, 11) is 0. The lowest BCUT2D eigenvalue weighted by atomic mass is 10.2. The van der Waals surface area contributed by atoms with E-state index in [0.717, 1.165) is 12.1 Å². The number of carbonyl (C=O) groups is 1. The molecule has 2 aromatic rings. The van der Waals surface area contributed by atoms with E-state index in [4.69, 9.17) is 46.4 Å². The van der Waals surface area contributed by atoms with Gasteiger partial charge in [-0.25, -0.2) is 4.99 Å². The van der Waals surface area contributed by atoms with Crippen LogP contribution in [0.15, 0.2) is 35.3 Å². The molecule has 3 N–H and O–H groups in total. The van der Waals surface area contributed by atoms with Crippen LogP contribution in [0.2, 0.25) is 20.1 Å². The molecule has 0 fully saturated rings. The van der Waals surface area contributed by atoms with Crippen LogP contribution < -0.4 is 10.8 Å². The van der Waals surface area contributed by atoms with Crippen molar-refractivity contribution in [2.75, 3.05) is 5.32 Å². The predicted molar refractivity (Wildman–Crippen MR) is 105 cm³/mol. The number of non-ortho nitro benzene ring substituents is 1. The molecule has 1 amide bonds. The second kappa shape index (κ2) is 9.20. The van der Waals surface area contributed by atoms with Gasteiger partial charge in [-0.15, -0.1) is 0 Å². The molecule has 0 unspecified atom stereocenters. The fourth-order valence-corrected chi connectivity index (χ4v) is 2.96. The normalized spacial score (nSPS) is 11.2. The topological polar surface area (TPSA) is 117 Å². The molecule has 0 saturated heterocycles. The second-order valence-corrected chi connectivity index (χ2v) is 6.69. The number of rotatable bonds is 5. The van der Waals surface area contributed by atoms with Gasteiger partial charge in [0, 0.05) is 17.2 Å². The Morgan fingerprint density at radius 1 is 1.11 bits per heavy atom. The van der Waals surface area contributed by atoms with Gasteiger partial charge in [0.05, 0.1) is 37.8 Å². The Bertz CT molecular complexity index is 913. The monoisotopic (exact) mass is 450 g/mol. The lowest BCUT2D eigenvalue weighted by Crippen LogP contribution is -2.25. The number of anilines is 1. The number of halogens is 4. The van der Waals surface area contributed by atoms with E-state index >= 15 is 0 Å². The molecule has 12 heteroatoms. The molecule has 0 atom stereocenters. The second-order valence-electron chi connectivity index (χ2n) is 5.03. The van der Waals surface area contributed by atoms with Crippen LogP contribution in [0.4, 0.5) is 17.1 Å². The van der Waals surface area contributed by atoms with Crippen molar-refractivity contribution in [3.63, 3.8) is 0 Å². The molecular weight excluding hydrogens is 442 g/mol. The van der Waals surface area contributed by atoms with E-state index in [1.54, 1.807) is 5.48 Å². The number of nitrogens with zero attached hydrogens (tertiary/aromatic N) is 2. The first-order valence-corrected chi connectivity index (χ1v) is 8.58. The highest BCUT2D eigenvalue weighted by atomic mass is 35.5. The van der Waals surface area contributed by atoms with Gasteiger partial charge >= 0.3 is 0 Å². The highest BCUT2D eigenvalue weighted by molar-refractivity contribution is 6.40. The first kappa shape index (κ1) is 21.2. The molecule has 2 aromatic carbocycles. The van der Waals surface area contributed by atoms with E-state index in [1.807, 2.05) is 0 Å². The zero-order chi connectivity index (χ0) is 20.1. The molecule has 0 radical (unpaired) electrons. The van der Waals surface area contributed by atoms with E-state index < -0.39 is 10.8 Å². The lowest BCUT2D eigenvalue weighted by molar-refractivity contribution is -0.384. The summed E-state index contributed by atoms with van der Waals surface area (Å²) < 4.78 is 0. The van der Waals surface area contributed by atoms with Crippen molar-refractivity contribution in [1.82, 2.24) is 5.48 Å². The van der Waals surface area contributed by atoms with E-state index in [2.05, 4.69) is 10.3 Å². The third-order valence-electron chi connectivity index (χ3n) is 3.12. The number of hydrogen-bond acceptors (Lipinski definition) is 5. The standard InChI is InChI=1S/C15H10Cl4N4O4/c16-7-1-2-12(9(17)3-7)20-13(22-25)6-14(24)21-15-10(18)4-8(23(26)27)5-11(15)19/h1-5,25H,6H2,(H,20,22)(H,21,24). The number of nitro groups is 1. The van der Waals surface area contributed by atoms with E-state index in [9.17, 15) is 20.1 Å². The van der Waals surface area contributed by atoms with Crippen LogP contribution in [0, 0.1) is 10.1 Å². The van der Waals surface area contributed by atoms with Gasteiger partial charge in [0.1, 0.15) is 5.84 Å². The number of hydrogen-bond donors (Lipinski definition) is 3. The van der Waals surface area contributed by atoms with Gasteiger partial charge in [0.25, 0.3) is 5.69 Å². The number of carbonyl (C=O) groups excluding carboxylic acids is 1. The maximum absolute atomic E-state index is 12.2. The summed E-state index contributed by atoms with van der Waals surface area (Å²) in [5, 5.41) is 22.8. The first-order chi connectivity index (χ1) is 12.7. The van der Waals surface area contributed by atoms with Gasteiger partial charge in [-0.05, 0) is 18.2 Å². The zero-order valence-corrected chi connectivity index (χ0v) is 16.2. The van der Waals surface area contributed by atoms with Crippen LogP contribution in [0.3, 0.4) is 0 Å². The molecule has 8 nitrogen and oxygen atoms in total. The van der Waals surface area contributed by atoms with Gasteiger partial charge in [0.2, 0.25) is 5.91 Å². The van der Waals surface area contributed by atoms with E-state index in [-0.39, 0.29) is 44.4 Å². The van der Waals surface area contributed by atoms with Crippen molar-refractivity contribution in [1.29, 1.82) is 0 Å². The maximum Gasteiger partial charge on any atom is 0.272 e. The van der Waals surface area contributed by atoms with Gasteiger partial charge in [-0.1, -0.05) is 46.4 Å². The molecule has 0 aliphatic heterocycles. The predicted octanol–water partition coefficient (Wildman–Crippen LogP) is 5.25. The van der Waals surface area contributed by atoms with Gasteiger partial charge in [-0.2, -0.15) is 0 Å². The first-order valence-electron chi connectivity index (χ1n) is 7.07. The van der Waals surface area contributed by atoms with Crippen LogP contribution in [0.1, 0.15) is 6.42 Å². The van der Waals surface area contributed by atoms with Crippen molar-refractivity contribution in [3.8, 4) is 0 Å². The SMILES string of the molecule is O=C(CC(=Nc1ccc(Cl)cc1Cl)NO)Nc1c(Cl)cc([N+](=O)[O-])cc1Cl. The average Bonchev–Trinajstić information content (AvgIpc) is 2.59. The molecule has 0 aliphatic rings. The third-order valence-corrected chi connectivity index (χ3v) is 4.26. The summed E-state index contributed by atoms with van der Waals surface area (Å²) in [6.07, 6.45) is -0.390. The molecule has 0 aromatic heterocycles. The van der Waals surface area contributed by atoms with E-state index in [0.29, 0.717) is 5.02 Å². The quantitative estimate of drug-likeness (QED) is 0.248. The Kier molecular flexibility index (Phi) is 7.23. The number of hydroxylamine groups is 1. The minimum absolute atomic E-state index is 0.00394. The summed E-state index contributed by atoms with van der Waals surface area (Å²) in [6.45, 7) is 0. The Morgan fingerprint density at radius 3 is 2.26 bits per heavy atom. The molecule has 27 heavy (non-hydrogen) atoms. The fourth-order valence-electron chi connectivity index (χ4n) is 1.94. The molecule has 142 valence electrons. The molecule has 0 aliphatic carbocycles. The van der Waals surface area contributed by atoms with E-state index in [1.165, 1.54) is 18.2 Å². The Morgan fingerprint density at radius 2 is 1.74 bits per heavy atom. The molecule has 0 spiro atoms. The minimum atomic E-state index is -0.667. The Labute approximate surface area is 172 Å². The molecule has 0 bridgehead atoms. The lowest BCUT2D eigenvalue weighted by Gasteiger charge is -2.10. The number of benzene rings is 2. The fraction of sp³-hybridized carbons (Fsp3) is 0.0667. The highest BCUT2D eigenvalue weighted by Crippen LogP contribution is 2.34. The number of aliphatic imine (C=N–C) groups is 1. The van der Waals surface area contributed by atoms with Gasteiger partial charge < -0.3 is 5.32 Å². The number of amides is 1. The minimum Gasteiger partial charge on any atom is -0.323 e. The molecular formula is C15H10Cl4N4O4.